The number of methoxy groups -OCH3 is 1. The molecule has 0 aliphatic rings. The first-order valence-electron chi connectivity index (χ1n) is 5.39. The van der Waals surface area contributed by atoms with E-state index in [9.17, 15) is 4.79 Å². The van der Waals surface area contributed by atoms with Gasteiger partial charge in [0.1, 0.15) is 0 Å². The van der Waals surface area contributed by atoms with E-state index in [1.165, 1.54) is 19.5 Å². The van der Waals surface area contributed by atoms with Crippen LogP contribution in [0.1, 0.15) is 23.1 Å². The van der Waals surface area contributed by atoms with E-state index in [4.69, 9.17) is 0 Å². The van der Waals surface area contributed by atoms with Crippen molar-refractivity contribution in [2.45, 2.75) is 6.92 Å². The van der Waals surface area contributed by atoms with Gasteiger partial charge in [-0.3, -0.25) is 4.99 Å². The van der Waals surface area contributed by atoms with Crippen LogP contribution in [0, 0.1) is 11.8 Å². The number of ether oxygens (including phenoxy) is 1. The fourth-order valence-electron chi connectivity index (χ4n) is 1.05. The number of allylic oxidation sites excluding steroid dienone is 3. The second-order valence-electron chi connectivity index (χ2n) is 3.41. The van der Waals surface area contributed by atoms with Gasteiger partial charge < -0.3 is 4.74 Å². The van der Waals surface area contributed by atoms with Crippen LogP contribution in [-0.2, 0) is 4.74 Å². The van der Waals surface area contributed by atoms with Crippen LogP contribution in [0.3, 0.4) is 0 Å². The van der Waals surface area contributed by atoms with Crippen molar-refractivity contribution in [3.63, 3.8) is 0 Å². The van der Waals surface area contributed by atoms with Gasteiger partial charge in [0.15, 0.2) is 0 Å². The van der Waals surface area contributed by atoms with Crippen molar-refractivity contribution in [3.05, 3.63) is 47.7 Å². The summed E-state index contributed by atoms with van der Waals surface area (Å²) in [4.78, 5) is 22.4. The highest BCUT2D eigenvalue weighted by atomic mass is 16.5. The van der Waals surface area contributed by atoms with Gasteiger partial charge in [0, 0.05) is 18.6 Å². The lowest BCUT2D eigenvalue weighted by molar-refractivity contribution is 0.0586. The van der Waals surface area contributed by atoms with Crippen LogP contribution >= 0.6 is 0 Å². The quantitative estimate of drug-likeness (QED) is 0.357. The molecule has 1 aromatic rings. The fraction of sp³-hybridized carbons (Fsp3) is 0.143. The number of hydrogen-bond acceptors (Lipinski definition) is 5. The monoisotopic (exact) mass is 255 g/mol. The number of hydrogen-bond donors (Lipinski definition) is 0. The van der Waals surface area contributed by atoms with Gasteiger partial charge in [0.25, 0.3) is 0 Å². The Balaban J connectivity index is 2.79. The van der Waals surface area contributed by atoms with Crippen molar-refractivity contribution in [1.29, 1.82) is 0 Å². The van der Waals surface area contributed by atoms with E-state index in [1.54, 1.807) is 12.3 Å². The molecule has 0 fully saturated rings. The first-order valence-corrected chi connectivity index (χ1v) is 5.39. The Kier molecular flexibility index (Phi) is 5.70. The van der Waals surface area contributed by atoms with Gasteiger partial charge in [0.05, 0.1) is 12.7 Å². The number of esters is 1. The summed E-state index contributed by atoms with van der Waals surface area (Å²) in [5.41, 5.74) is 1.48. The standard InChI is InChI=1S/C14H13N3O2/c1-11(5-4-8-15-2)6-7-12-9-16-13(17-10-12)14(18)19-3/h4-5,8-10H,2H2,1,3H3/b8-4-,11-5+. The first-order chi connectivity index (χ1) is 9.17. The Morgan fingerprint density at radius 3 is 2.74 bits per heavy atom. The van der Waals surface area contributed by atoms with Crippen LogP contribution in [-0.4, -0.2) is 29.8 Å². The molecule has 96 valence electrons. The van der Waals surface area contributed by atoms with Gasteiger partial charge in [-0.1, -0.05) is 11.8 Å². The maximum absolute atomic E-state index is 11.1. The van der Waals surface area contributed by atoms with E-state index in [2.05, 4.69) is 38.3 Å². The Labute approximate surface area is 111 Å². The predicted molar refractivity (Wildman–Crippen MR) is 72.7 cm³/mol. The largest absolute Gasteiger partial charge is 0.463 e. The summed E-state index contributed by atoms with van der Waals surface area (Å²) in [5.74, 6) is 5.24. The molecule has 0 aliphatic heterocycles. The maximum atomic E-state index is 11.1. The first kappa shape index (κ1) is 14.3. The number of aromatic nitrogens is 2. The van der Waals surface area contributed by atoms with Crippen molar-refractivity contribution >= 4 is 12.7 Å². The zero-order valence-corrected chi connectivity index (χ0v) is 10.8. The van der Waals surface area contributed by atoms with Gasteiger partial charge in [-0.05, 0) is 31.4 Å². The van der Waals surface area contributed by atoms with E-state index >= 15 is 0 Å². The number of carbonyl (C=O) groups is 1. The molecule has 0 aromatic carbocycles. The molecule has 5 nitrogen and oxygen atoms in total. The highest BCUT2D eigenvalue weighted by Crippen LogP contribution is 1.97. The van der Waals surface area contributed by atoms with Gasteiger partial charge in [-0.25, -0.2) is 14.8 Å². The minimum atomic E-state index is -0.572. The third-order valence-electron chi connectivity index (χ3n) is 1.96. The topological polar surface area (TPSA) is 64.4 Å². The van der Waals surface area contributed by atoms with Crippen molar-refractivity contribution in [2.24, 2.45) is 4.99 Å². The molecule has 0 bridgehead atoms. The molecule has 0 amide bonds. The van der Waals surface area contributed by atoms with E-state index in [1.807, 2.05) is 13.0 Å². The number of aliphatic imine (C=N–C) groups is 1. The molecule has 0 radical (unpaired) electrons. The lowest BCUT2D eigenvalue weighted by Gasteiger charge is -1.96. The summed E-state index contributed by atoms with van der Waals surface area (Å²) in [6.07, 6.45) is 8.07. The highest BCUT2D eigenvalue weighted by molar-refractivity contribution is 5.84. The maximum Gasteiger partial charge on any atom is 0.376 e. The summed E-state index contributed by atoms with van der Waals surface area (Å²) in [6, 6.07) is 0. The lowest BCUT2D eigenvalue weighted by Crippen LogP contribution is -2.06. The van der Waals surface area contributed by atoms with Crippen molar-refractivity contribution in [2.75, 3.05) is 7.11 Å². The van der Waals surface area contributed by atoms with Crippen LogP contribution in [0.25, 0.3) is 0 Å². The average Bonchev–Trinajstić information content (AvgIpc) is 2.45. The molecule has 1 aromatic heterocycles. The number of carbonyl (C=O) groups excluding carboxylic acids is 1. The van der Waals surface area contributed by atoms with Crippen molar-refractivity contribution in [3.8, 4) is 11.8 Å². The summed E-state index contributed by atoms with van der Waals surface area (Å²) >= 11 is 0. The average molecular weight is 255 g/mol. The summed E-state index contributed by atoms with van der Waals surface area (Å²) in [5, 5.41) is 0. The SMILES string of the molecule is C=N/C=C\C=C(/C)C#Cc1cnc(C(=O)OC)nc1. The molecule has 0 unspecified atom stereocenters. The zero-order chi connectivity index (χ0) is 14.1. The van der Waals surface area contributed by atoms with E-state index in [-0.39, 0.29) is 5.82 Å². The van der Waals surface area contributed by atoms with E-state index < -0.39 is 5.97 Å². The van der Waals surface area contributed by atoms with Gasteiger partial charge in [-0.2, -0.15) is 0 Å². The highest BCUT2D eigenvalue weighted by Gasteiger charge is 2.07. The molecule has 19 heavy (non-hydrogen) atoms. The van der Waals surface area contributed by atoms with E-state index in [0.29, 0.717) is 5.56 Å². The summed E-state index contributed by atoms with van der Waals surface area (Å²) in [7, 11) is 1.28. The Hall–Kier alpha value is -2.74. The van der Waals surface area contributed by atoms with E-state index in [0.717, 1.165) is 5.57 Å². The van der Waals surface area contributed by atoms with Gasteiger partial charge in [-0.15, -0.1) is 0 Å². The smallest absolute Gasteiger partial charge is 0.376 e. The van der Waals surface area contributed by atoms with Crippen LogP contribution in [0.4, 0.5) is 0 Å². The second kappa shape index (κ2) is 7.56. The molecule has 0 saturated carbocycles. The second-order valence-corrected chi connectivity index (χ2v) is 3.41. The van der Waals surface area contributed by atoms with Gasteiger partial charge in [0.2, 0.25) is 5.82 Å². The zero-order valence-electron chi connectivity index (χ0n) is 10.8. The number of rotatable bonds is 3. The molecule has 0 atom stereocenters. The Bertz CT molecular complexity index is 575. The van der Waals surface area contributed by atoms with Crippen LogP contribution < -0.4 is 0 Å². The molecule has 1 heterocycles. The molecular formula is C14H13N3O2. The van der Waals surface area contributed by atoms with Crippen LogP contribution in [0.5, 0.6) is 0 Å². The summed E-state index contributed by atoms with van der Waals surface area (Å²) < 4.78 is 4.50. The van der Waals surface area contributed by atoms with Crippen molar-refractivity contribution < 1.29 is 9.53 Å². The normalized spacial score (nSPS) is 10.7. The Morgan fingerprint density at radius 1 is 1.47 bits per heavy atom. The minimum Gasteiger partial charge on any atom is -0.463 e. The molecule has 0 saturated heterocycles. The van der Waals surface area contributed by atoms with Crippen molar-refractivity contribution in [1.82, 2.24) is 9.97 Å². The molecule has 0 aliphatic carbocycles. The van der Waals surface area contributed by atoms with Crippen LogP contribution in [0.15, 0.2) is 41.3 Å². The third kappa shape index (κ3) is 4.96. The Morgan fingerprint density at radius 2 is 2.16 bits per heavy atom. The summed E-state index contributed by atoms with van der Waals surface area (Å²) in [6.45, 7) is 5.19. The fourth-order valence-corrected chi connectivity index (χ4v) is 1.05. The number of nitrogens with zero attached hydrogens (tertiary/aromatic N) is 3. The van der Waals surface area contributed by atoms with Crippen LogP contribution in [0.2, 0.25) is 0 Å². The molecule has 1 rings (SSSR count). The molecule has 5 heteroatoms. The third-order valence-corrected chi connectivity index (χ3v) is 1.96. The molecular weight excluding hydrogens is 242 g/mol. The molecule has 0 spiro atoms. The molecule has 0 N–H and O–H groups in total. The minimum absolute atomic E-state index is 0.0142. The lowest BCUT2D eigenvalue weighted by atomic mass is 10.2. The van der Waals surface area contributed by atoms with Gasteiger partial charge >= 0.3 is 5.97 Å². The predicted octanol–water partition coefficient (Wildman–Crippen LogP) is 1.78.